The second kappa shape index (κ2) is 4.62. The second-order valence-electron chi connectivity index (χ2n) is 4.31. The van der Waals surface area contributed by atoms with Crippen molar-refractivity contribution in [1.29, 1.82) is 0 Å². The first-order valence-corrected chi connectivity index (χ1v) is 5.62. The number of hydrogen-bond donors (Lipinski definition) is 1. The number of aryl methyl sites for hydroxylation is 1. The molecule has 0 unspecified atom stereocenters. The van der Waals surface area contributed by atoms with Crippen molar-refractivity contribution in [3.05, 3.63) is 36.0 Å². The summed E-state index contributed by atoms with van der Waals surface area (Å²) in [6, 6.07) is 6.66. The maximum atomic E-state index is 12.1. The third-order valence-electron chi connectivity index (χ3n) is 2.95. The maximum absolute atomic E-state index is 12.1. The molecule has 1 heterocycles. The van der Waals surface area contributed by atoms with Crippen LogP contribution < -0.4 is 10.8 Å². The Hall–Kier alpha value is -2.14. The molecule has 2 aromatic rings. The largest absolute Gasteiger partial charge is 0.550 e. The molecule has 0 saturated carbocycles. The minimum absolute atomic E-state index is 0.268. The molecular formula is C13H14N2O3. The molecule has 0 amide bonds. The minimum Gasteiger partial charge on any atom is -0.550 e. The van der Waals surface area contributed by atoms with Crippen molar-refractivity contribution < 1.29 is 20.4 Å². The Morgan fingerprint density at radius 3 is 2.72 bits per heavy atom. The number of Topliss-reactive ketones (excluding diaryl/α,β-unsaturated/α-hetero) is 1. The van der Waals surface area contributed by atoms with E-state index in [4.69, 9.17) is 0 Å². The summed E-state index contributed by atoms with van der Waals surface area (Å²) in [6.45, 7) is 0. The van der Waals surface area contributed by atoms with Gasteiger partial charge in [0.15, 0.2) is 6.04 Å². The molecule has 0 radical (unpaired) electrons. The van der Waals surface area contributed by atoms with Gasteiger partial charge in [-0.15, -0.1) is 0 Å². The fraction of sp³-hybridized carbons (Fsp3) is 0.231. The van der Waals surface area contributed by atoms with Gasteiger partial charge in [0.1, 0.15) is 0 Å². The van der Waals surface area contributed by atoms with Crippen LogP contribution in [0.1, 0.15) is 16.8 Å². The first kappa shape index (κ1) is 12.3. The zero-order valence-electron chi connectivity index (χ0n) is 10.1. The van der Waals surface area contributed by atoms with Crippen LogP contribution >= 0.6 is 0 Å². The number of carboxylic acid groups (broad SMARTS) is 1. The summed E-state index contributed by atoms with van der Waals surface area (Å²) in [4.78, 5) is 22.6. The molecule has 1 aromatic carbocycles. The molecule has 1 atom stereocenters. The van der Waals surface area contributed by atoms with E-state index >= 15 is 0 Å². The number of aromatic nitrogens is 1. The number of ketones is 1. The van der Waals surface area contributed by atoms with Crippen LogP contribution in [0.3, 0.4) is 0 Å². The number of hydrogen-bond acceptors (Lipinski definition) is 3. The lowest BCUT2D eigenvalue weighted by Crippen LogP contribution is -2.66. The molecule has 5 nitrogen and oxygen atoms in total. The molecule has 94 valence electrons. The van der Waals surface area contributed by atoms with Crippen LogP contribution in [0.2, 0.25) is 0 Å². The molecule has 18 heavy (non-hydrogen) atoms. The van der Waals surface area contributed by atoms with Crippen LogP contribution in [0, 0.1) is 0 Å². The van der Waals surface area contributed by atoms with Crippen LogP contribution in [0.25, 0.3) is 10.9 Å². The monoisotopic (exact) mass is 246 g/mol. The Balaban J connectivity index is 2.42. The van der Waals surface area contributed by atoms with E-state index in [0.717, 1.165) is 10.9 Å². The fourth-order valence-corrected chi connectivity index (χ4v) is 2.05. The highest BCUT2D eigenvalue weighted by Gasteiger charge is 2.22. The molecule has 3 N–H and O–H groups in total. The summed E-state index contributed by atoms with van der Waals surface area (Å²) in [6.07, 6.45) is 1.35. The van der Waals surface area contributed by atoms with Gasteiger partial charge in [0.05, 0.1) is 0 Å². The van der Waals surface area contributed by atoms with E-state index in [1.807, 2.05) is 35.9 Å². The Morgan fingerprint density at radius 2 is 2.06 bits per heavy atom. The van der Waals surface area contributed by atoms with E-state index < -0.39 is 12.0 Å². The summed E-state index contributed by atoms with van der Waals surface area (Å²) in [7, 11) is 1.84. The number of carbonyl (C=O) groups is 2. The maximum Gasteiger partial charge on any atom is 0.222 e. The predicted octanol–water partition coefficient (Wildman–Crippen LogP) is -0.888. The van der Waals surface area contributed by atoms with Gasteiger partial charge in [0, 0.05) is 42.1 Å². The van der Waals surface area contributed by atoms with Gasteiger partial charge in [-0.05, 0) is 6.07 Å². The predicted molar refractivity (Wildman–Crippen MR) is 63.5 cm³/mol. The van der Waals surface area contributed by atoms with Gasteiger partial charge in [-0.25, -0.2) is 0 Å². The zero-order valence-corrected chi connectivity index (χ0v) is 10.1. The molecule has 5 heteroatoms. The third kappa shape index (κ3) is 2.12. The van der Waals surface area contributed by atoms with Crippen molar-refractivity contribution in [1.82, 2.24) is 4.57 Å². The Morgan fingerprint density at radius 1 is 1.39 bits per heavy atom. The smallest absolute Gasteiger partial charge is 0.222 e. The van der Waals surface area contributed by atoms with Crippen LogP contribution in [0.15, 0.2) is 30.5 Å². The lowest BCUT2D eigenvalue weighted by molar-refractivity contribution is -0.404. The molecule has 0 saturated heterocycles. The first-order valence-electron chi connectivity index (χ1n) is 5.62. The van der Waals surface area contributed by atoms with Gasteiger partial charge in [0.25, 0.3) is 0 Å². The molecule has 0 aliphatic heterocycles. The number of carbonyl (C=O) groups excluding carboxylic acids is 2. The number of rotatable bonds is 4. The Bertz CT molecular complexity index is 616. The van der Waals surface area contributed by atoms with Gasteiger partial charge in [-0.2, -0.15) is 0 Å². The van der Waals surface area contributed by atoms with Crippen molar-refractivity contribution in [2.24, 2.45) is 7.05 Å². The lowest BCUT2D eigenvalue weighted by Gasteiger charge is -2.07. The van der Waals surface area contributed by atoms with E-state index in [0.29, 0.717) is 5.56 Å². The fourth-order valence-electron chi connectivity index (χ4n) is 2.05. The highest BCUT2D eigenvalue weighted by Crippen LogP contribution is 2.21. The van der Waals surface area contributed by atoms with E-state index in [2.05, 4.69) is 5.73 Å². The normalized spacial score (nSPS) is 12.6. The highest BCUT2D eigenvalue weighted by atomic mass is 16.4. The zero-order chi connectivity index (χ0) is 13.3. The summed E-state index contributed by atoms with van der Waals surface area (Å²) < 4.78 is 1.84. The molecule has 0 bridgehead atoms. The highest BCUT2D eigenvalue weighted by molar-refractivity contribution is 6.10. The number of para-hydroxylation sites is 1. The number of quaternary nitrogens is 1. The molecular weight excluding hydrogens is 232 g/mol. The van der Waals surface area contributed by atoms with Crippen molar-refractivity contribution in [2.45, 2.75) is 12.5 Å². The summed E-state index contributed by atoms with van der Waals surface area (Å²) in [5.74, 6) is -1.53. The van der Waals surface area contributed by atoms with Gasteiger partial charge in [0.2, 0.25) is 5.78 Å². The van der Waals surface area contributed by atoms with Crippen LogP contribution in [0.5, 0.6) is 0 Å². The summed E-state index contributed by atoms with van der Waals surface area (Å²) in [5.41, 5.74) is 5.03. The lowest BCUT2D eigenvalue weighted by atomic mass is 10.0. The van der Waals surface area contributed by atoms with Crippen molar-refractivity contribution >= 4 is 22.7 Å². The van der Waals surface area contributed by atoms with Crippen LogP contribution in [0.4, 0.5) is 0 Å². The summed E-state index contributed by atoms with van der Waals surface area (Å²) >= 11 is 0. The minimum atomic E-state index is -1.26. The standard InChI is InChI=1S/C13H14N2O3/c1-15-7-9(8-4-2-3-5-11(8)15)13(18)10(14)6-12(16)17/h2-5,7,10H,6,14H2,1H3,(H,16,17)/t10-/m1/s1. The topological polar surface area (TPSA) is 89.8 Å². The van der Waals surface area contributed by atoms with E-state index in [1.54, 1.807) is 6.20 Å². The second-order valence-corrected chi connectivity index (χ2v) is 4.31. The van der Waals surface area contributed by atoms with Gasteiger partial charge in [-0.3, -0.25) is 4.79 Å². The third-order valence-corrected chi connectivity index (χ3v) is 2.95. The van der Waals surface area contributed by atoms with Gasteiger partial charge in [-0.1, -0.05) is 18.2 Å². The van der Waals surface area contributed by atoms with Crippen LogP contribution in [-0.2, 0) is 11.8 Å². The number of carboxylic acids is 1. The van der Waals surface area contributed by atoms with E-state index in [1.165, 1.54) is 0 Å². The van der Waals surface area contributed by atoms with Crippen molar-refractivity contribution in [3.8, 4) is 0 Å². The average molecular weight is 246 g/mol. The van der Waals surface area contributed by atoms with Gasteiger partial charge >= 0.3 is 0 Å². The molecule has 0 fully saturated rings. The van der Waals surface area contributed by atoms with Gasteiger partial charge < -0.3 is 20.2 Å². The number of benzene rings is 1. The van der Waals surface area contributed by atoms with E-state index in [-0.39, 0.29) is 12.2 Å². The van der Waals surface area contributed by atoms with Crippen LogP contribution in [-0.4, -0.2) is 22.4 Å². The average Bonchev–Trinajstić information content (AvgIpc) is 2.66. The summed E-state index contributed by atoms with van der Waals surface area (Å²) in [5, 5.41) is 11.3. The number of fused-ring (bicyclic) bond motifs is 1. The van der Waals surface area contributed by atoms with E-state index in [9.17, 15) is 14.7 Å². The first-order chi connectivity index (χ1) is 8.50. The van der Waals surface area contributed by atoms with Crippen molar-refractivity contribution in [3.63, 3.8) is 0 Å². The molecule has 2 rings (SSSR count). The molecule has 0 spiro atoms. The number of aliphatic carboxylic acids is 1. The SMILES string of the molecule is Cn1cc(C(=O)[C@H]([NH3+])CC(=O)[O-])c2ccccc21. The molecule has 0 aliphatic rings. The molecule has 1 aromatic heterocycles. The quantitative estimate of drug-likeness (QED) is 0.710. The number of nitrogens with zero attached hydrogens (tertiary/aromatic N) is 1. The Labute approximate surface area is 104 Å². The Kier molecular flexibility index (Phi) is 3.16. The molecule has 0 aliphatic carbocycles. The van der Waals surface area contributed by atoms with Crippen molar-refractivity contribution in [2.75, 3.05) is 0 Å².